The van der Waals surface area contributed by atoms with Gasteiger partial charge in [0.05, 0.1) is 0 Å². The van der Waals surface area contributed by atoms with E-state index in [1.807, 2.05) is 30.3 Å². The van der Waals surface area contributed by atoms with Gasteiger partial charge in [0.1, 0.15) is 0 Å². The van der Waals surface area contributed by atoms with Crippen molar-refractivity contribution in [3.63, 3.8) is 0 Å². The third-order valence-electron chi connectivity index (χ3n) is 4.16. The molecule has 0 spiro atoms. The maximum Gasteiger partial charge on any atom is 0.227 e. The Morgan fingerprint density at radius 2 is 2.00 bits per heavy atom. The van der Waals surface area contributed by atoms with Gasteiger partial charge in [0.2, 0.25) is 17.6 Å². The fraction of sp³-hybridized carbons (Fsp3) is 0.238. The second-order valence-electron chi connectivity index (χ2n) is 6.12. The van der Waals surface area contributed by atoms with Gasteiger partial charge in [-0.3, -0.25) is 9.78 Å². The molecule has 2 heterocycles. The van der Waals surface area contributed by atoms with E-state index in [-0.39, 0.29) is 5.91 Å². The first-order valence-corrected chi connectivity index (χ1v) is 8.92. The molecule has 6 heteroatoms. The van der Waals surface area contributed by atoms with Crippen molar-refractivity contribution in [2.75, 3.05) is 13.1 Å². The number of benzene rings is 1. The van der Waals surface area contributed by atoms with Crippen LogP contribution in [0.2, 0.25) is 0 Å². The second-order valence-corrected chi connectivity index (χ2v) is 6.12. The zero-order valence-corrected chi connectivity index (χ0v) is 15.1. The average molecular weight is 362 g/mol. The van der Waals surface area contributed by atoms with Crippen molar-refractivity contribution in [3.8, 4) is 11.4 Å². The molecule has 0 saturated carbocycles. The smallest absolute Gasteiger partial charge is 0.227 e. The quantitative estimate of drug-likeness (QED) is 0.546. The van der Waals surface area contributed by atoms with Gasteiger partial charge in [-0.15, -0.1) is 6.58 Å². The lowest BCUT2D eigenvalue weighted by Crippen LogP contribution is -2.33. The summed E-state index contributed by atoms with van der Waals surface area (Å²) >= 11 is 0. The number of nitrogens with zero attached hydrogens (tertiary/aromatic N) is 4. The minimum Gasteiger partial charge on any atom is -0.339 e. The molecule has 0 fully saturated rings. The number of hydrogen-bond donors (Lipinski definition) is 0. The molecular weight excluding hydrogens is 340 g/mol. The van der Waals surface area contributed by atoms with Crippen LogP contribution in [0.3, 0.4) is 0 Å². The molecule has 0 radical (unpaired) electrons. The first kappa shape index (κ1) is 18.5. The molecule has 0 N–H and O–H groups in total. The standard InChI is InChI=1S/C21H22N4O2/c1-2-14-25(15-12-17-7-4-3-5-8-17)20(26)11-10-19-23-21(24-27-19)18-9-6-13-22-16-18/h2-9,13,16H,1,10-12,14-15H2. The summed E-state index contributed by atoms with van der Waals surface area (Å²) < 4.78 is 5.26. The zero-order chi connectivity index (χ0) is 18.9. The highest BCUT2D eigenvalue weighted by Crippen LogP contribution is 2.14. The van der Waals surface area contributed by atoms with Gasteiger partial charge in [-0.05, 0) is 24.1 Å². The van der Waals surface area contributed by atoms with Gasteiger partial charge in [0.25, 0.3) is 0 Å². The van der Waals surface area contributed by atoms with Crippen LogP contribution >= 0.6 is 0 Å². The predicted molar refractivity (Wildman–Crippen MR) is 103 cm³/mol. The van der Waals surface area contributed by atoms with Gasteiger partial charge in [-0.2, -0.15) is 4.98 Å². The SMILES string of the molecule is C=CCN(CCc1ccccc1)C(=O)CCc1nc(-c2cccnc2)no1. The van der Waals surface area contributed by atoms with E-state index in [2.05, 4.69) is 33.8 Å². The Bertz CT molecular complexity index is 862. The Balaban J connectivity index is 1.54. The first-order chi connectivity index (χ1) is 13.3. The van der Waals surface area contributed by atoms with Crippen molar-refractivity contribution in [1.29, 1.82) is 0 Å². The summed E-state index contributed by atoms with van der Waals surface area (Å²) in [4.78, 5) is 22.8. The van der Waals surface area contributed by atoms with Crippen molar-refractivity contribution in [2.24, 2.45) is 0 Å². The van der Waals surface area contributed by atoms with E-state index < -0.39 is 0 Å². The summed E-state index contributed by atoms with van der Waals surface area (Å²) in [5.74, 6) is 0.980. The highest BCUT2D eigenvalue weighted by atomic mass is 16.5. The van der Waals surface area contributed by atoms with Crippen LogP contribution in [0, 0.1) is 0 Å². The van der Waals surface area contributed by atoms with E-state index in [0.717, 1.165) is 12.0 Å². The Labute approximate surface area is 158 Å². The Hall–Kier alpha value is -3.28. The lowest BCUT2D eigenvalue weighted by Gasteiger charge is -2.21. The largest absolute Gasteiger partial charge is 0.339 e. The molecule has 27 heavy (non-hydrogen) atoms. The summed E-state index contributed by atoms with van der Waals surface area (Å²) in [6.07, 6.45) is 6.65. The minimum absolute atomic E-state index is 0.0481. The first-order valence-electron chi connectivity index (χ1n) is 8.92. The maximum atomic E-state index is 12.6. The Morgan fingerprint density at radius 1 is 1.15 bits per heavy atom. The van der Waals surface area contributed by atoms with E-state index in [1.165, 1.54) is 5.56 Å². The number of hydrogen-bond acceptors (Lipinski definition) is 5. The van der Waals surface area contributed by atoms with Crippen LogP contribution in [0.25, 0.3) is 11.4 Å². The molecule has 0 aliphatic carbocycles. The van der Waals surface area contributed by atoms with Crippen LogP contribution in [-0.4, -0.2) is 39.0 Å². The third-order valence-corrected chi connectivity index (χ3v) is 4.16. The van der Waals surface area contributed by atoms with E-state index in [0.29, 0.717) is 37.6 Å². The van der Waals surface area contributed by atoms with Gasteiger partial charge in [-0.1, -0.05) is 41.6 Å². The van der Waals surface area contributed by atoms with Crippen LogP contribution in [0.15, 0.2) is 72.0 Å². The molecule has 1 aromatic carbocycles. The number of carbonyl (C=O) groups is 1. The van der Waals surface area contributed by atoms with Gasteiger partial charge in [-0.25, -0.2) is 0 Å². The number of pyridine rings is 1. The number of rotatable bonds is 9. The third kappa shape index (κ3) is 5.34. The van der Waals surface area contributed by atoms with Crippen LogP contribution in [0.1, 0.15) is 17.9 Å². The molecule has 0 aliphatic rings. The van der Waals surface area contributed by atoms with E-state index >= 15 is 0 Å². The molecule has 1 amide bonds. The van der Waals surface area contributed by atoms with E-state index in [9.17, 15) is 4.79 Å². The maximum absolute atomic E-state index is 12.6. The van der Waals surface area contributed by atoms with Gasteiger partial charge >= 0.3 is 0 Å². The van der Waals surface area contributed by atoms with Gasteiger partial charge < -0.3 is 9.42 Å². The molecule has 3 rings (SSSR count). The van der Waals surface area contributed by atoms with E-state index in [4.69, 9.17) is 4.52 Å². The highest BCUT2D eigenvalue weighted by molar-refractivity contribution is 5.76. The molecule has 0 saturated heterocycles. The molecule has 138 valence electrons. The zero-order valence-electron chi connectivity index (χ0n) is 15.1. The predicted octanol–water partition coefficient (Wildman–Crippen LogP) is 3.32. The van der Waals surface area contributed by atoms with Crippen molar-refractivity contribution >= 4 is 5.91 Å². The van der Waals surface area contributed by atoms with Crippen molar-refractivity contribution in [3.05, 3.63) is 79.0 Å². The minimum atomic E-state index is 0.0481. The summed E-state index contributed by atoms with van der Waals surface area (Å²) in [7, 11) is 0. The number of aryl methyl sites for hydroxylation is 1. The fourth-order valence-electron chi connectivity index (χ4n) is 2.72. The average Bonchev–Trinajstić information content (AvgIpc) is 3.20. The van der Waals surface area contributed by atoms with Crippen molar-refractivity contribution in [2.45, 2.75) is 19.3 Å². The van der Waals surface area contributed by atoms with Crippen LogP contribution in [0.5, 0.6) is 0 Å². The molecule has 3 aromatic rings. The van der Waals surface area contributed by atoms with Crippen LogP contribution in [0.4, 0.5) is 0 Å². The molecule has 2 aromatic heterocycles. The molecule has 0 aliphatic heterocycles. The second kappa shape index (κ2) is 9.43. The van der Waals surface area contributed by atoms with Crippen LogP contribution in [-0.2, 0) is 17.6 Å². The monoisotopic (exact) mass is 362 g/mol. The lowest BCUT2D eigenvalue weighted by molar-refractivity contribution is -0.130. The van der Waals surface area contributed by atoms with Gasteiger partial charge in [0.15, 0.2) is 0 Å². The number of aromatic nitrogens is 3. The molecule has 0 unspecified atom stereocenters. The summed E-state index contributed by atoms with van der Waals surface area (Å²) in [6, 6.07) is 13.8. The fourth-order valence-corrected chi connectivity index (χ4v) is 2.72. The van der Waals surface area contributed by atoms with Crippen LogP contribution < -0.4 is 0 Å². The van der Waals surface area contributed by atoms with E-state index in [1.54, 1.807) is 23.4 Å². The topological polar surface area (TPSA) is 72.1 Å². The van der Waals surface area contributed by atoms with Crippen molar-refractivity contribution in [1.82, 2.24) is 20.0 Å². The lowest BCUT2D eigenvalue weighted by atomic mass is 10.1. The highest BCUT2D eigenvalue weighted by Gasteiger charge is 2.15. The number of amides is 1. The number of carbonyl (C=O) groups excluding carboxylic acids is 1. The molecule has 0 bridgehead atoms. The Kier molecular flexibility index (Phi) is 6.46. The van der Waals surface area contributed by atoms with Crippen molar-refractivity contribution < 1.29 is 9.32 Å². The summed E-state index contributed by atoms with van der Waals surface area (Å²) in [6.45, 7) is 4.93. The molecule has 6 nitrogen and oxygen atoms in total. The normalized spacial score (nSPS) is 10.5. The summed E-state index contributed by atoms with van der Waals surface area (Å²) in [5.41, 5.74) is 1.99. The molecule has 0 atom stereocenters. The molecular formula is C21H22N4O2. The van der Waals surface area contributed by atoms with Gasteiger partial charge in [0, 0.05) is 43.9 Å². The Morgan fingerprint density at radius 3 is 2.74 bits per heavy atom. The summed E-state index contributed by atoms with van der Waals surface area (Å²) in [5, 5.41) is 3.95.